The SMILES string of the molecule is CCC(CO)NC(=O)Nc1cc(Cl)ccc1OC. The van der Waals surface area contributed by atoms with Crippen LogP contribution < -0.4 is 15.4 Å². The Kier molecular flexibility index (Phi) is 5.74. The third-order valence-corrected chi connectivity index (χ3v) is 2.69. The molecule has 0 fully saturated rings. The standard InChI is InChI=1S/C12H17ClN2O3/c1-3-9(7-16)14-12(17)15-10-6-8(13)4-5-11(10)18-2/h4-6,9,16H,3,7H2,1-2H3,(H2,14,15,17). The summed E-state index contributed by atoms with van der Waals surface area (Å²) in [5.41, 5.74) is 0.482. The molecule has 3 N–H and O–H groups in total. The zero-order valence-electron chi connectivity index (χ0n) is 10.4. The van der Waals surface area contributed by atoms with Gasteiger partial charge in [-0.25, -0.2) is 4.79 Å². The van der Waals surface area contributed by atoms with E-state index >= 15 is 0 Å². The van der Waals surface area contributed by atoms with Gasteiger partial charge in [0.15, 0.2) is 0 Å². The van der Waals surface area contributed by atoms with Crippen molar-refractivity contribution < 1.29 is 14.6 Å². The second kappa shape index (κ2) is 7.08. The van der Waals surface area contributed by atoms with Crippen LogP contribution in [-0.4, -0.2) is 30.9 Å². The topological polar surface area (TPSA) is 70.6 Å². The Morgan fingerprint density at radius 1 is 1.56 bits per heavy atom. The summed E-state index contributed by atoms with van der Waals surface area (Å²) in [6.07, 6.45) is 0.649. The molecule has 0 aliphatic heterocycles. The molecular formula is C12H17ClN2O3. The second-order valence-electron chi connectivity index (χ2n) is 3.73. The van der Waals surface area contributed by atoms with E-state index in [1.165, 1.54) is 7.11 Å². The van der Waals surface area contributed by atoms with Crippen LogP contribution in [0.3, 0.4) is 0 Å². The number of halogens is 1. The van der Waals surface area contributed by atoms with Gasteiger partial charge in [0, 0.05) is 5.02 Å². The summed E-state index contributed by atoms with van der Waals surface area (Å²) in [6, 6.07) is 4.26. The number of carbonyl (C=O) groups excluding carboxylic acids is 1. The summed E-state index contributed by atoms with van der Waals surface area (Å²) in [4.78, 5) is 11.7. The van der Waals surface area contributed by atoms with Crippen molar-refractivity contribution in [3.8, 4) is 5.75 Å². The maximum Gasteiger partial charge on any atom is 0.319 e. The quantitative estimate of drug-likeness (QED) is 0.770. The van der Waals surface area contributed by atoms with Gasteiger partial charge in [0.2, 0.25) is 0 Å². The van der Waals surface area contributed by atoms with Gasteiger partial charge in [-0.1, -0.05) is 18.5 Å². The minimum atomic E-state index is -0.406. The molecule has 0 heterocycles. The lowest BCUT2D eigenvalue weighted by Gasteiger charge is -2.16. The van der Waals surface area contributed by atoms with Crippen LogP contribution in [-0.2, 0) is 0 Å². The fourth-order valence-corrected chi connectivity index (χ4v) is 1.57. The molecule has 5 nitrogen and oxygen atoms in total. The van der Waals surface area contributed by atoms with E-state index in [1.54, 1.807) is 18.2 Å². The van der Waals surface area contributed by atoms with E-state index in [1.807, 2.05) is 6.92 Å². The maximum absolute atomic E-state index is 11.7. The summed E-state index contributed by atoms with van der Waals surface area (Å²) >= 11 is 5.85. The fourth-order valence-electron chi connectivity index (χ4n) is 1.40. The van der Waals surface area contributed by atoms with Gasteiger partial charge in [-0.2, -0.15) is 0 Å². The summed E-state index contributed by atoms with van der Waals surface area (Å²) in [7, 11) is 1.51. The van der Waals surface area contributed by atoms with Gasteiger partial charge in [0.1, 0.15) is 5.75 Å². The van der Waals surface area contributed by atoms with Crippen molar-refractivity contribution in [1.29, 1.82) is 0 Å². The monoisotopic (exact) mass is 272 g/mol. The largest absolute Gasteiger partial charge is 0.495 e. The van der Waals surface area contributed by atoms with Crippen molar-refractivity contribution in [3.05, 3.63) is 23.2 Å². The molecule has 18 heavy (non-hydrogen) atoms. The number of rotatable bonds is 5. The van der Waals surface area contributed by atoms with Crippen LogP contribution in [0.1, 0.15) is 13.3 Å². The lowest BCUT2D eigenvalue weighted by Crippen LogP contribution is -2.39. The molecule has 1 aromatic rings. The average molecular weight is 273 g/mol. The maximum atomic E-state index is 11.7. The molecule has 0 aliphatic carbocycles. The first-order valence-corrected chi connectivity index (χ1v) is 6.00. The van der Waals surface area contributed by atoms with E-state index < -0.39 is 6.03 Å². The van der Waals surface area contributed by atoms with Crippen LogP contribution in [0.15, 0.2) is 18.2 Å². The number of amides is 2. The molecule has 1 aromatic carbocycles. The number of benzene rings is 1. The highest BCUT2D eigenvalue weighted by molar-refractivity contribution is 6.31. The minimum absolute atomic E-state index is 0.101. The molecule has 0 spiro atoms. The summed E-state index contributed by atoms with van der Waals surface area (Å²) in [5, 5.41) is 14.8. The Morgan fingerprint density at radius 2 is 2.28 bits per heavy atom. The van der Waals surface area contributed by atoms with Crippen LogP contribution in [0.25, 0.3) is 0 Å². The van der Waals surface area contributed by atoms with Gasteiger partial charge in [0.25, 0.3) is 0 Å². The number of hydrogen-bond donors (Lipinski definition) is 3. The van der Waals surface area contributed by atoms with E-state index in [-0.39, 0.29) is 12.6 Å². The number of hydrogen-bond acceptors (Lipinski definition) is 3. The Bertz CT molecular complexity index is 408. The van der Waals surface area contributed by atoms with Crippen LogP contribution in [0.5, 0.6) is 5.75 Å². The predicted molar refractivity (Wildman–Crippen MR) is 71.3 cm³/mol. The number of methoxy groups -OCH3 is 1. The second-order valence-corrected chi connectivity index (χ2v) is 4.17. The zero-order valence-corrected chi connectivity index (χ0v) is 11.1. The predicted octanol–water partition coefficient (Wildman–Crippen LogP) is 2.24. The molecule has 1 atom stereocenters. The van der Waals surface area contributed by atoms with E-state index in [2.05, 4.69) is 10.6 Å². The van der Waals surface area contributed by atoms with Crippen molar-refractivity contribution in [3.63, 3.8) is 0 Å². The van der Waals surface area contributed by atoms with Crippen molar-refractivity contribution in [2.24, 2.45) is 0 Å². The van der Waals surface area contributed by atoms with Crippen LogP contribution >= 0.6 is 11.6 Å². The number of ether oxygens (including phenoxy) is 1. The molecule has 2 amide bonds. The third kappa shape index (κ3) is 4.09. The van der Waals surface area contributed by atoms with Gasteiger partial charge in [-0.3, -0.25) is 0 Å². The molecule has 1 unspecified atom stereocenters. The Morgan fingerprint density at radius 3 is 2.83 bits per heavy atom. The van der Waals surface area contributed by atoms with Gasteiger partial charge in [0.05, 0.1) is 25.4 Å². The third-order valence-electron chi connectivity index (χ3n) is 2.46. The number of carbonyl (C=O) groups is 1. The first-order valence-electron chi connectivity index (χ1n) is 5.62. The average Bonchev–Trinajstić information content (AvgIpc) is 2.36. The van der Waals surface area contributed by atoms with E-state index in [9.17, 15) is 4.79 Å². The zero-order chi connectivity index (χ0) is 13.5. The van der Waals surface area contributed by atoms with Crippen molar-refractivity contribution in [2.45, 2.75) is 19.4 Å². The highest BCUT2D eigenvalue weighted by Crippen LogP contribution is 2.27. The summed E-state index contributed by atoms with van der Waals surface area (Å²) in [5.74, 6) is 0.520. The van der Waals surface area contributed by atoms with Gasteiger partial charge in [-0.05, 0) is 24.6 Å². The summed E-state index contributed by atoms with van der Waals surface area (Å²) in [6.45, 7) is 1.78. The molecule has 0 radical (unpaired) electrons. The molecular weight excluding hydrogens is 256 g/mol. The van der Waals surface area contributed by atoms with Gasteiger partial charge < -0.3 is 20.5 Å². The number of aliphatic hydroxyl groups is 1. The molecule has 0 aromatic heterocycles. The first kappa shape index (κ1) is 14.6. The normalized spacial score (nSPS) is 11.8. The molecule has 0 saturated carbocycles. The van der Waals surface area contributed by atoms with Crippen LogP contribution in [0.2, 0.25) is 5.02 Å². The molecule has 0 saturated heterocycles. The number of anilines is 1. The smallest absolute Gasteiger partial charge is 0.319 e. The molecule has 1 rings (SSSR count). The number of urea groups is 1. The van der Waals surface area contributed by atoms with E-state index in [0.29, 0.717) is 22.9 Å². The number of nitrogens with one attached hydrogen (secondary N) is 2. The Labute approximate surface area is 111 Å². The molecule has 100 valence electrons. The van der Waals surface area contributed by atoms with Crippen molar-refractivity contribution in [2.75, 3.05) is 19.0 Å². The molecule has 0 bridgehead atoms. The summed E-state index contributed by atoms with van der Waals surface area (Å²) < 4.78 is 5.11. The Balaban J connectivity index is 2.71. The Hall–Kier alpha value is -1.46. The van der Waals surface area contributed by atoms with Crippen molar-refractivity contribution >= 4 is 23.3 Å². The highest BCUT2D eigenvalue weighted by atomic mass is 35.5. The molecule has 0 aliphatic rings. The van der Waals surface area contributed by atoms with E-state index in [0.717, 1.165) is 0 Å². The van der Waals surface area contributed by atoms with Crippen LogP contribution in [0.4, 0.5) is 10.5 Å². The highest BCUT2D eigenvalue weighted by Gasteiger charge is 2.11. The van der Waals surface area contributed by atoms with E-state index in [4.69, 9.17) is 21.4 Å². The van der Waals surface area contributed by atoms with Crippen LogP contribution in [0, 0.1) is 0 Å². The minimum Gasteiger partial charge on any atom is -0.495 e. The van der Waals surface area contributed by atoms with Gasteiger partial charge >= 0.3 is 6.03 Å². The first-order chi connectivity index (χ1) is 8.60. The lowest BCUT2D eigenvalue weighted by molar-refractivity contribution is 0.222. The number of aliphatic hydroxyl groups excluding tert-OH is 1. The fraction of sp³-hybridized carbons (Fsp3) is 0.417. The lowest BCUT2D eigenvalue weighted by atomic mass is 10.2. The molecule has 6 heteroatoms. The van der Waals surface area contributed by atoms with Crippen molar-refractivity contribution in [1.82, 2.24) is 5.32 Å². The van der Waals surface area contributed by atoms with Gasteiger partial charge in [-0.15, -0.1) is 0 Å².